The molecule has 0 saturated carbocycles. The summed E-state index contributed by atoms with van der Waals surface area (Å²) in [6.07, 6.45) is 0.165. The molecule has 0 fully saturated rings. The molecule has 0 aliphatic carbocycles. The smallest absolute Gasteiger partial charge is 0.332 e. The highest BCUT2D eigenvalue weighted by molar-refractivity contribution is 5.72. The molecule has 4 heteroatoms. The second kappa shape index (κ2) is 5.97. The number of nitrogens with one attached hydrogen (secondary N) is 1. The molecule has 0 aliphatic rings. The molecule has 72 valence electrons. The van der Waals surface area contributed by atoms with Crippen LogP contribution in [0.25, 0.3) is 0 Å². The van der Waals surface area contributed by atoms with Crippen LogP contribution in [-0.4, -0.2) is 35.9 Å². The lowest BCUT2D eigenvalue weighted by Gasteiger charge is -2.17. The Labute approximate surface area is 72.6 Å². The SMILES string of the molecule is CC[C@H](CCNC)C(O)C(=O)O. The zero-order chi connectivity index (χ0) is 9.56. The summed E-state index contributed by atoms with van der Waals surface area (Å²) in [5.74, 6) is -1.27. The summed E-state index contributed by atoms with van der Waals surface area (Å²) >= 11 is 0. The maximum Gasteiger partial charge on any atom is 0.332 e. The first-order chi connectivity index (χ1) is 5.63. The summed E-state index contributed by atoms with van der Waals surface area (Å²) in [4.78, 5) is 10.4. The second-order valence-corrected chi connectivity index (χ2v) is 2.84. The van der Waals surface area contributed by atoms with Crippen molar-refractivity contribution in [1.29, 1.82) is 0 Å². The van der Waals surface area contributed by atoms with Crippen LogP contribution in [0.1, 0.15) is 19.8 Å². The van der Waals surface area contributed by atoms with Crippen molar-refractivity contribution >= 4 is 5.97 Å². The maximum absolute atomic E-state index is 10.4. The molecule has 2 atom stereocenters. The molecular weight excluding hydrogens is 158 g/mol. The minimum Gasteiger partial charge on any atom is -0.479 e. The van der Waals surface area contributed by atoms with E-state index >= 15 is 0 Å². The molecule has 0 amide bonds. The van der Waals surface area contributed by atoms with Crippen molar-refractivity contribution in [1.82, 2.24) is 5.32 Å². The van der Waals surface area contributed by atoms with Crippen LogP contribution in [-0.2, 0) is 4.79 Å². The van der Waals surface area contributed by atoms with Gasteiger partial charge in [0.25, 0.3) is 0 Å². The lowest BCUT2D eigenvalue weighted by Crippen LogP contribution is -2.30. The average molecular weight is 175 g/mol. The van der Waals surface area contributed by atoms with E-state index in [1.807, 2.05) is 6.92 Å². The third kappa shape index (κ3) is 3.69. The lowest BCUT2D eigenvalue weighted by molar-refractivity contribution is -0.149. The minimum absolute atomic E-state index is 0.144. The van der Waals surface area contributed by atoms with Gasteiger partial charge in [-0.25, -0.2) is 4.79 Å². The van der Waals surface area contributed by atoms with Gasteiger partial charge < -0.3 is 15.5 Å². The molecule has 3 N–H and O–H groups in total. The Morgan fingerprint density at radius 3 is 2.50 bits per heavy atom. The van der Waals surface area contributed by atoms with Crippen LogP contribution < -0.4 is 5.32 Å². The molecule has 0 spiro atoms. The molecule has 0 bridgehead atoms. The zero-order valence-corrected chi connectivity index (χ0v) is 7.58. The van der Waals surface area contributed by atoms with Crippen LogP contribution in [0.4, 0.5) is 0 Å². The van der Waals surface area contributed by atoms with Crippen LogP contribution in [0.15, 0.2) is 0 Å². The van der Waals surface area contributed by atoms with E-state index in [0.717, 1.165) is 6.54 Å². The lowest BCUT2D eigenvalue weighted by atomic mass is 9.96. The molecule has 4 nitrogen and oxygen atoms in total. The Balaban J connectivity index is 3.87. The van der Waals surface area contributed by atoms with Crippen molar-refractivity contribution in [2.75, 3.05) is 13.6 Å². The number of hydrogen-bond donors (Lipinski definition) is 3. The molecule has 1 unspecified atom stereocenters. The predicted octanol–water partition coefficient (Wildman–Crippen LogP) is 0.0676. The van der Waals surface area contributed by atoms with E-state index in [1.165, 1.54) is 0 Å². The van der Waals surface area contributed by atoms with Gasteiger partial charge in [0.2, 0.25) is 0 Å². The highest BCUT2D eigenvalue weighted by Gasteiger charge is 2.23. The normalized spacial score (nSPS) is 15.6. The molecule has 0 rings (SSSR count). The van der Waals surface area contributed by atoms with Gasteiger partial charge in [0.1, 0.15) is 0 Å². The van der Waals surface area contributed by atoms with Gasteiger partial charge in [-0.3, -0.25) is 0 Å². The zero-order valence-electron chi connectivity index (χ0n) is 7.58. The van der Waals surface area contributed by atoms with Crippen molar-refractivity contribution in [2.45, 2.75) is 25.9 Å². The molecule has 0 aromatic rings. The van der Waals surface area contributed by atoms with Crippen molar-refractivity contribution < 1.29 is 15.0 Å². The topological polar surface area (TPSA) is 69.6 Å². The van der Waals surface area contributed by atoms with Crippen LogP contribution in [0, 0.1) is 5.92 Å². The van der Waals surface area contributed by atoms with Crippen molar-refractivity contribution in [2.24, 2.45) is 5.92 Å². The highest BCUT2D eigenvalue weighted by atomic mass is 16.4. The summed E-state index contributed by atoms with van der Waals surface area (Å²) in [7, 11) is 1.81. The number of carbonyl (C=O) groups is 1. The Morgan fingerprint density at radius 1 is 1.58 bits per heavy atom. The van der Waals surface area contributed by atoms with Crippen LogP contribution in [0.5, 0.6) is 0 Å². The molecular formula is C8H17NO3. The molecule has 0 saturated heterocycles. The van der Waals surface area contributed by atoms with Crippen molar-refractivity contribution in [3.8, 4) is 0 Å². The number of aliphatic hydroxyl groups excluding tert-OH is 1. The van der Waals surface area contributed by atoms with Gasteiger partial charge in [0.15, 0.2) is 6.10 Å². The quantitative estimate of drug-likeness (QED) is 0.534. The van der Waals surface area contributed by atoms with Crippen LogP contribution >= 0.6 is 0 Å². The second-order valence-electron chi connectivity index (χ2n) is 2.84. The minimum atomic E-state index is -1.22. The standard InChI is InChI=1S/C8H17NO3/c1-3-6(4-5-9-2)7(10)8(11)12/h6-7,9-10H,3-5H2,1-2H3,(H,11,12)/t6-,7?/m1/s1. The first-order valence-corrected chi connectivity index (χ1v) is 4.19. The average Bonchev–Trinajstić information content (AvgIpc) is 2.05. The van der Waals surface area contributed by atoms with E-state index in [9.17, 15) is 9.90 Å². The van der Waals surface area contributed by atoms with Crippen molar-refractivity contribution in [3.05, 3.63) is 0 Å². The van der Waals surface area contributed by atoms with Crippen molar-refractivity contribution in [3.63, 3.8) is 0 Å². The van der Waals surface area contributed by atoms with Gasteiger partial charge in [-0.1, -0.05) is 13.3 Å². The Kier molecular flexibility index (Phi) is 5.66. The molecule has 0 aliphatic heterocycles. The van der Waals surface area contributed by atoms with Gasteiger partial charge in [-0.05, 0) is 25.9 Å². The summed E-state index contributed by atoms with van der Waals surface area (Å²) < 4.78 is 0. The molecule has 0 radical (unpaired) electrons. The monoisotopic (exact) mass is 175 g/mol. The van der Waals surface area contributed by atoms with Gasteiger partial charge >= 0.3 is 5.97 Å². The van der Waals surface area contributed by atoms with Gasteiger partial charge in [-0.2, -0.15) is 0 Å². The number of aliphatic carboxylic acids is 1. The van der Waals surface area contributed by atoms with E-state index in [2.05, 4.69) is 5.32 Å². The van der Waals surface area contributed by atoms with E-state index < -0.39 is 12.1 Å². The fraction of sp³-hybridized carbons (Fsp3) is 0.875. The number of aliphatic hydroxyl groups is 1. The third-order valence-corrected chi connectivity index (χ3v) is 1.99. The number of hydrogen-bond acceptors (Lipinski definition) is 3. The largest absolute Gasteiger partial charge is 0.479 e. The fourth-order valence-electron chi connectivity index (χ4n) is 1.12. The van der Waals surface area contributed by atoms with Gasteiger partial charge in [0, 0.05) is 0 Å². The van der Waals surface area contributed by atoms with Gasteiger partial charge in [0.05, 0.1) is 0 Å². The summed E-state index contributed by atoms with van der Waals surface area (Å²) in [6.45, 7) is 2.62. The predicted molar refractivity (Wildman–Crippen MR) is 46.0 cm³/mol. The number of carboxylic acid groups (broad SMARTS) is 1. The van der Waals surface area contributed by atoms with Crippen LogP contribution in [0.3, 0.4) is 0 Å². The molecule has 0 heterocycles. The van der Waals surface area contributed by atoms with E-state index in [4.69, 9.17) is 5.11 Å². The molecule has 0 aromatic carbocycles. The maximum atomic E-state index is 10.4. The number of carboxylic acids is 1. The first kappa shape index (κ1) is 11.4. The van der Waals surface area contributed by atoms with Crippen LogP contribution in [0.2, 0.25) is 0 Å². The number of rotatable bonds is 6. The summed E-state index contributed by atoms with van der Waals surface area (Å²) in [5, 5.41) is 20.6. The summed E-state index contributed by atoms with van der Waals surface area (Å²) in [6, 6.07) is 0. The molecule has 12 heavy (non-hydrogen) atoms. The van der Waals surface area contributed by atoms with Gasteiger partial charge in [-0.15, -0.1) is 0 Å². The summed E-state index contributed by atoms with van der Waals surface area (Å²) in [5.41, 5.74) is 0. The molecule has 0 aromatic heterocycles. The first-order valence-electron chi connectivity index (χ1n) is 4.19. The Morgan fingerprint density at radius 2 is 2.17 bits per heavy atom. The highest BCUT2D eigenvalue weighted by Crippen LogP contribution is 2.12. The van der Waals surface area contributed by atoms with E-state index in [1.54, 1.807) is 7.05 Å². The van der Waals surface area contributed by atoms with E-state index in [0.29, 0.717) is 12.8 Å². The Hall–Kier alpha value is -0.610. The Bertz CT molecular complexity index is 138. The van der Waals surface area contributed by atoms with E-state index in [-0.39, 0.29) is 5.92 Å². The fourth-order valence-corrected chi connectivity index (χ4v) is 1.12. The third-order valence-electron chi connectivity index (χ3n) is 1.99.